The van der Waals surface area contributed by atoms with Crippen LogP contribution in [0.5, 0.6) is 5.88 Å². The topological polar surface area (TPSA) is 61.2 Å². The van der Waals surface area contributed by atoms with Gasteiger partial charge in [0.05, 0.1) is 22.2 Å². The Kier molecular flexibility index (Phi) is 4.10. The third-order valence-electron chi connectivity index (χ3n) is 3.94. The Morgan fingerprint density at radius 3 is 2.56 bits per heavy atom. The van der Waals surface area contributed by atoms with Crippen molar-refractivity contribution in [1.29, 1.82) is 0 Å². The molecular formula is C17H12BrClN2O3S. The van der Waals surface area contributed by atoms with Crippen molar-refractivity contribution in [2.45, 2.75) is 6.42 Å². The van der Waals surface area contributed by atoms with Crippen LogP contribution in [0.1, 0.15) is 5.56 Å². The van der Waals surface area contributed by atoms with E-state index in [0.29, 0.717) is 22.8 Å². The van der Waals surface area contributed by atoms with Crippen LogP contribution in [0.3, 0.4) is 0 Å². The normalized spacial score (nSPS) is 15.4. The van der Waals surface area contributed by atoms with E-state index in [0.717, 1.165) is 15.6 Å². The maximum atomic E-state index is 12.0. The molecule has 0 aliphatic carbocycles. The number of benzene rings is 2. The van der Waals surface area contributed by atoms with Crippen molar-refractivity contribution in [1.82, 2.24) is 9.78 Å². The van der Waals surface area contributed by atoms with E-state index in [1.54, 1.807) is 18.2 Å². The molecule has 0 N–H and O–H groups in total. The zero-order valence-electron chi connectivity index (χ0n) is 12.8. The second-order valence-corrected chi connectivity index (χ2v) is 8.61. The van der Waals surface area contributed by atoms with Gasteiger partial charge in [-0.1, -0.05) is 51.8 Å². The summed E-state index contributed by atoms with van der Waals surface area (Å²) in [7, 11) is -3.63. The molecular weight excluding hydrogens is 428 g/mol. The van der Waals surface area contributed by atoms with Crippen LogP contribution in [-0.4, -0.2) is 24.0 Å². The summed E-state index contributed by atoms with van der Waals surface area (Å²) in [6.45, 7) is 0. The molecule has 0 fully saturated rings. The lowest BCUT2D eigenvalue weighted by molar-refractivity contribution is 0.452. The second-order valence-electron chi connectivity index (χ2n) is 5.60. The molecule has 0 radical (unpaired) electrons. The standard InChI is InChI=1S/C17H12BrClN2O3S/c18-12-7-5-11(6-8-12)16-13-9-10-25(22,23)24-17(13)21(20-16)15-4-2-1-3-14(15)19/h1-8H,9-10H2. The second kappa shape index (κ2) is 6.16. The van der Waals surface area contributed by atoms with E-state index in [1.807, 2.05) is 30.3 Å². The molecule has 128 valence electrons. The lowest BCUT2D eigenvalue weighted by Crippen LogP contribution is -2.22. The average Bonchev–Trinajstić information content (AvgIpc) is 2.93. The van der Waals surface area contributed by atoms with Gasteiger partial charge in [0.25, 0.3) is 0 Å². The first-order chi connectivity index (χ1) is 11.9. The predicted octanol–water partition coefficient (Wildman–Crippen LogP) is 4.22. The van der Waals surface area contributed by atoms with Crippen molar-refractivity contribution in [2.75, 3.05) is 5.75 Å². The Morgan fingerprint density at radius 2 is 1.84 bits per heavy atom. The van der Waals surface area contributed by atoms with Crippen LogP contribution in [0.25, 0.3) is 16.9 Å². The Labute approximate surface area is 158 Å². The van der Waals surface area contributed by atoms with Crippen LogP contribution in [0.4, 0.5) is 0 Å². The summed E-state index contributed by atoms with van der Waals surface area (Å²) in [6, 6.07) is 14.8. The van der Waals surface area contributed by atoms with E-state index in [-0.39, 0.29) is 11.6 Å². The van der Waals surface area contributed by atoms with E-state index in [1.165, 1.54) is 4.68 Å². The molecule has 2 heterocycles. The molecule has 3 aromatic rings. The number of para-hydroxylation sites is 1. The zero-order valence-corrected chi connectivity index (χ0v) is 16.0. The number of nitrogens with zero attached hydrogens (tertiary/aromatic N) is 2. The minimum Gasteiger partial charge on any atom is -0.361 e. The van der Waals surface area contributed by atoms with Gasteiger partial charge in [-0.2, -0.15) is 18.2 Å². The van der Waals surface area contributed by atoms with Gasteiger partial charge in [0.15, 0.2) is 0 Å². The Balaban J connectivity index is 1.96. The maximum absolute atomic E-state index is 12.0. The Hall–Kier alpha value is -1.83. The van der Waals surface area contributed by atoms with Gasteiger partial charge in [-0.3, -0.25) is 0 Å². The van der Waals surface area contributed by atoms with Crippen molar-refractivity contribution in [3.05, 3.63) is 63.6 Å². The van der Waals surface area contributed by atoms with Gasteiger partial charge in [-0.25, -0.2) is 0 Å². The van der Waals surface area contributed by atoms with Gasteiger partial charge in [0, 0.05) is 15.6 Å². The van der Waals surface area contributed by atoms with Crippen LogP contribution >= 0.6 is 27.5 Å². The molecule has 0 bridgehead atoms. The molecule has 0 saturated carbocycles. The molecule has 1 aromatic heterocycles. The number of hydrogen-bond acceptors (Lipinski definition) is 4. The van der Waals surface area contributed by atoms with Crippen LogP contribution in [0.2, 0.25) is 5.02 Å². The average molecular weight is 440 g/mol. The molecule has 1 aliphatic heterocycles. The molecule has 0 unspecified atom stereocenters. The number of fused-ring (bicyclic) bond motifs is 1. The van der Waals surface area contributed by atoms with Gasteiger partial charge in [-0.15, -0.1) is 0 Å². The maximum Gasteiger partial charge on any atom is 0.311 e. The molecule has 0 amide bonds. The van der Waals surface area contributed by atoms with Crippen molar-refractivity contribution >= 4 is 37.6 Å². The minimum atomic E-state index is -3.63. The van der Waals surface area contributed by atoms with Crippen LogP contribution in [-0.2, 0) is 16.5 Å². The van der Waals surface area contributed by atoms with Crippen molar-refractivity contribution in [3.8, 4) is 22.8 Å². The van der Waals surface area contributed by atoms with Gasteiger partial charge >= 0.3 is 10.1 Å². The summed E-state index contributed by atoms with van der Waals surface area (Å²) in [5, 5.41) is 5.08. The fraction of sp³-hybridized carbons (Fsp3) is 0.118. The van der Waals surface area contributed by atoms with E-state index >= 15 is 0 Å². The van der Waals surface area contributed by atoms with Crippen molar-refractivity contribution in [2.24, 2.45) is 0 Å². The van der Waals surface area contributed by atoms with Crippen molar-refractivity contribution in [3.63, 3.8) is 0 Å². The van der Waals surface area contributed by atoms with Gasteiger partial charge in [0.1, 0.15) is 0 Å². The Bertz CT molecular complexity index is 1060. The lowest BCUT2D eigenvalue weighted by atomic mass is 10.1. The number of halogens is 2. The number of hydrogen-bond donors (Lipinski definition) is 0. The molecule has 2 aromatic carbocycles. The van der Waals surface area contributed by atoms with Crippen molar-refractivity contribution < 1.29 is 12.6 Å². The molecule has 1 aliphatic rings. The first kappa shape index (κ1) is 16.6. The smallest absolute Gasteiger partial charge is 0.311 e. The van der Waals surface area contributed by atoms with Gasteiger partial charge < -0.3 is 4.18 Å². The monoisotopic (exact) mass is 438 g/mol. The summed E-state index contributed by atoms with van der Waals surface area (Å²) >= 11 is 9.69. The highest BCUT2D eigenvalue weighted by molar-refractivity contribution is 9.10. The highest BCUT2D eigenvalue weighted by Crippen LogP contribution is 2.38. The van der Waals surface area contributed by atoms with Gasteiger partial charge in [0.2, 0.25) is 5.88 Å². The molecule has 0 saturated heterocycles. The number of aromatic nitrogens is 2. The SMILES string of the molecule is O=S1(=O)CCc2c(-c3ccc(Br)cc3)nn(-c3ccccc3Cl)c2O1. The highest BCUT2D eigenvalue weighted by Gasteiger charge is 2.31. The third kappa shape index (κ3) is 3.07. The Morgan fingerprint density at radius 1 is 1.12 bits per heavy atom. The molecule has 5 nitrogen and oxygen atoms in total. The summed E-state index contributed by atoms with van der Waals surface area (Å²) in [5.41, 5.74) is 2.91. The predicted molar refractivity (Wildman–Crippen MR) is 99.8 cm³/mol. The minimum absolute atomic E-state index is 0.0717. The van der Waals surface area contributed by atoms with E-state index in [9.17, 15) is 8.42 Å². The lowest BCUT2D eigenvalue weighted by Gasteiger charge is -2.16. The molecule has 8 heteroatoms. The summed E-state index contributed by atoms with van der Waals surface area (Å²) < 4.78 is 31.6. The van der Waals surface area contributed by atoms with Crippen LogP contribution in [0, 0.1) is 0 Å². The van der Waals surface area contributed by atoms with Gasteiger partial charge in [-0.05, 0) is 30.7 Å². The van der Waals surface area contributed by atoms with E-state index < -0.39 is 10.1 Å². The molecule has 4 rings (SSSR count). The fourth-order valence-electron chi connectivity index (χ4n) is 2.76. The first-order valence-corrected chi connectivity index (χ1v) is 10.2. The summed E-state index contributed by atoms with van der Waals surface area (Å²) in [5.74, 6) is 0.134. The van der Waals surface area contributed by atoms with E-state index in [2.05, 4.69) is 21.0 Å². The summed E-state index contributed by atoms with van der Waals surface area (Å²) in [6.07, 6.45) is 0.341. The zero-order chi connectivity index (χ0) is 17.6. The first-order valence-electron chi connectivity index (χ1n) is 7.49. The van der Waals surface area contributed by atoms with Crippen LogP contribution < -0.4 is 4.18 Å². The summed E-state index contributed by atoms with van der Waals surface area (Å²) in [4.78, 5) is 0. The molecule has 25 heavy (non-hydrogen) atoms. The van der Waals surface area contributed by atoms with E-state index in [4.69, 9.17) is 15.8 Å². The molecule has 0 atom stereocenters. The third-order valence-corrected chi connectivity index (χ3v) is 5.91. The fourth-order valence-corrected chi connectivity index (χ4v) is 4.19. The quantitative estimate of drug-likeness (QED) is 0.561. The van der Waals surface area contributed by atoms with Crippen LogP contribution in [0.15, 0.2) is 53.0 Å². The number of rotatable bonds is 2. The molecule has 0 spiro atoms. The highest BCUT2D eigenvalue weighted by atomic mass is 79.9. The largest absolute Gasteiger partial charge is 0.361 e.